The Bertz CT molecular complexity index is 1430. The predicted molar refractivity (Wildman–Crippen MR) is 135 cm³/mol. The van der Waals surface area contributed by atoms with Crippen LogP contribution in [0.3, 0.4) is 0 Å². The molecule has 4 aromatic rings. The molecule has 0 fully saturated rings. The van der Waals surface area contributed by atoms with Crippen molar-refractivity contribution >= 4 is 29.0 Å². The molecule has 4 rings (SSSR count). The van der Waals surface area contributed by atoms with Gasteiger partial charge in [0.1, 0.15) is 17.2 Å². The summed E-state index contributed by atoms with van der Waals surface area (Å²) in [7, 11) is 0. The van der Waals surface area contributed by atoms with Crippen LogP contribution in [0.4, 0.5) is 11.4 Å². The van der Waals surface area contributed by atoms with E-state index in [0.717, 1.165) is 0 Å². The third-order valence-electron chi connectivity index (χ3n) is 5.22. The van der Waals surface area contributed by atoms with Gasteiger partial charge < -0.3 is 25.6 Å². The molecule has 0 aromatic heterocycles. The highest BCUT2D eigenvalue weighted by Gasteiger charge is 2.19. The molecule has 0 bridgehead atoms. The Morgan fingerprint density at radius 1 is 0.694 bits per heavy atom. The Morgan fingerprint density at radius 3 is 1.94 bits per heavy atom. The number of anilines is 2. The largest absolute Gasteiger partial charge is 0.483 e. The number of nitrogens with two attached hydrogens (primary N) is 1. The Hall–Kier alpha value is -5.11. The number of para-hydroxylation sites is 5. The van der Waals surface area contributed by atoms with E-state index in [-0.39, 0.29) is 35.0 Å². The zero-order valence-corrected chi connectivity index (χ0v) is 19.0. The van der Waals surface area contributed by atoms with Crippen LogP contribution in [0, 0.1) is 0 Å². The molecule has 0 saturated heterocycles. The lowest BCUT2D eigenvalue weighted by molar-refractivity contribution is 0.0692. The fraction of sp³-hybridized carbons (Fsp3) is 0.0357. The topological polar surface area (TPSA) is 128 Å². The third kappa shape index (κ3) is 5.51. The Balaban J connectivity index is 1.49. The first-order valence-corrected chi connectivity index (χ1v) is 10.9. The second kappa shape index (κ2) is 10.9. The van der Waals surface area contributed by atoms with Crippen molar-refractivity contribution < 1.29 is 29.0 Å². The Kier molecular flexibility index (Phi) is 7.26. The van der Waals surface area contributed by atoms with E-state index in [9.17, 15) is 19.5 Å². The number of hydrogen-bond donors (Lipinski definition) is 3. The summed E-state index contributed by atoms with van der Waals surface area (Å²) in [5, 5.41) is 12.0. The summed E-state index contributed by atoms with van der Waals surface area (Å²) in [5.74, 6) is -1.18. The second-order valence-corrected chi connectivity index (χ2v) is 7.65. The second-order valence-electron chi connectivity index (χ2n) is 7.65. The predicted octanol–water partition coefficient (Wildman–Crippen LogP) is 5.27. The van der Waals surface area contributed by atoms with Crippen molar-refractivity contribution in [3.8, 4) is 17.2 Å². The van der Waals surface area contributed by atoms with Gasteiger partial charge in [-0.3, -0.25) is 9.59 Å². The summed E-state index contributed by atoms with van der Waals surface area (Å²) in [6, 6.07) is 26.1. The zero-order chi connectivity index (χ0) is 25.5. The van der Waals surface area contributed by atoms with Gasteiger partial charge in [-0.05, 0) is 48.5 Å². The average molecular weight is 482 g/mol. The smallest absolute Gasteiger partial charge is 0.336 e. The fourth-order valence-electron chi connectivity index (χ4n) is 3.45. The van der Waals surface area contributed by atoms with Crippen molar-refractivity contribution in [1.29, 1.82) is 0 Å². The minimum absolute atomic E-state index is 0.00198. The minimum atomic E-state index is -1.21. The number of amides is 1. The molecule has 4 N–H and O–H groups in total. The zero-order valence-electron chi connectivity index (χ0n) is 19.0. The maximum atomic E-state index is 13.0. The van der Waals surface area contributed by atoms with E-state index in [1.165, 1.54) is 18.2 Å². The van der Waals surface area contributed by atoms with Gasteiger partial charge in [0.05, 0.1) is 28.1 Å². The number of nitrogen functional groups attached to an aromatic ring is 1. The lowest BCUT2D eigenvalue weighted by Crippen LogP contribution is -2.18. The lowest BCUT2D eigenvalue weighted by atomic mass is 10.1. The number of carboxylic acids is 1. The monoisotopic (exact) mass is 482 g/mol. The van der Waals surface area contributed by atoms with Crippen molar-refractivity contribution in [2.24, 2.45) is 0 Å². The Labute approximate surface area is 206 Å². The van der Waals surface area contributed by atoms with Crippen LogP contribution < -0.4 is 20.5 Å². The summed E-state index contributed by atoms with van der Waals surface area (Å²) < 4.78 is 11.6. The van der Waals surface area contributed by atoms with Crippen molar-refractivity contribution in [2.45, 2.75) is 0 Å². The number of benzene rings is 4. The SMILES string of the molecule is Nc1ccccc1Oc1ccccc1C(=O)COc1ccccc1NC(=O)c1ccccc1C(=O)O. The van der Waals surface area contributed by atoms with E-state index in [0.29, 0.717) is 22.7 Å². The molecule has 8 nitrogen and oxygen atoms in total. The van der Waals surface area contributed by atoms with Crippen LogP contribution in [-0.4, -0.2) is 29.4 Å². The van der Waals surface area contributed by atoms with Crippen molar-refractivity contribution in [1.82, 2.24) is 0 Å². The first kappa shape index (κ1) is 24.0. The number of ether oxygens (including phenoxy) is 2. The molecule has 0 heterocycles. The van der Waals surface area contributed by atoms with E-state index < -0.39 is 11.9 Å². The fourth-order valence-corrected chi connectivity index (χ4v) is 3.45. The standard InChI is InChI=1S/C28H22N2O6/c29-21-12-4-7-15-25(21)36-24-14-6-3-11-20(24)23(31)17-35-26-16-8-5-13-22(26)30-27(32)18-9-1-2-10-19(18)28(33)34/h1-16H,17,29H2,(H,30,32)(H,33,34). The van der Waals surface area contributed by atoms with Crippen molar-refractivity contribution in [3.63, 3.8) is 0 Å². The molecule has 0 unspecified atom stereocenters. The number of rotatable bonds is 9. The molecular formula is C28H22N2O6. The highest BCUT2D eigenvalue weighted by atomic mass is 16.5. The van der Waals surface area contributed by atoms with Crippen molar-refractivity contribution in [3.05, 3.63) is 114 Å². The van der Waals surface area contributed by atoms with Crippen LogP contribution in [0.25, 0.3) is 0 Å². The normalized spacial score (nSPS) is 10.3. The molecule has 0 atom stereocenters. The van der Waals surface area contributed by atoms with E-state index in [2.05, 4.69) is 5.32 Å². The number of carboxylic acid groups (broad SMARTS) is 1. The number of hydrogen-bond acceptors (Lipinski definition) is 6. The molecule has 0 radical (unpaired) electrons. The summed E-state index contributed by atoms with van der Waals surface area (Å²) in [6.45, 7) is -0.330. The maximum absolute atomic E-state index is 13.0. The number of carbonyl (C=O) groups excluding carboxylic acids is 2. The quantitative estimate of drug-likeness (QED) is 0.219. The summed E-state index contributed by atoms with van der Waals surface area (Å²) >= 11 is 0. The van der Waals surface area contributed by atoms with Gasteiger partial charge in [0.2, 0.25) is 5.78 Å². The molecule has 0 spiro atoms. The number of carbonyl (C=O) groups is 3. The van der Waals surface area contributed by atoms with Crippen LogP contribution >= 0.6 is 0 Å². The first-order chi connectivity index (χ1) is 17.4. The highest BCUT2D eigenvalue weighted by molar-refractivity contribution is 6.11. The summed E-state index contributed by atoms with van der Waals surface area (Å²) in [4.78, 5) is 37.2. The third-order valence-corrected chi connectivity index (χ3v) is 5.22. The van der Waals surface area contributed by atoms with E-state index in [4.69, 9.17) is 15.2 Å². The Morgan fingerprint density at radius 2 is 1.25 bits per heavy atom. The average Bonchev–Trinajstić information content (AvgIpc) is 2.89. The van der Waals surface area contributed by atoms with Crippen LogP contribution in [0.2, 0.25) is 0 Å². The van der Waals surface area contributed by atoms with Gasteiger partial charge in [-0.2, -0.15) is 0 Å². The molecule has 0 aliphatic rings. The van der Waals surface area contributed by atoms with Crippen molar-refractivity contribution in [2.75, 3.05) is 17.7 Å². The van der Waals surface area contributed by atoms with E-state index in [1.54, 1.807) is 78.9 Å². The van der Waals surface area contributed by atoms with Gasteiger partial charge in [-0.1, -0.05) is 48.5 Å². The minimum Gasteiger partial charge on any atom is -0.483 e. The van der Waals surface area contributed by atoms with Crippen LogP contribution in [0.1, 0.15) is 31.1 Å². The summed E-state index contributed by atoms with van der Waals surface area (Å²) in [6.07, 6.45) is 0. The number of ketones is 1. The molecule has 0 saturated carbocycles. The molecular weight excluding hydrogens is 460 g/mol. The highest BCUT2D eigenvalue weighted by Crippen LogP contribution is 2.30. The van der Waals surface area contributed by atoms with E-state index in [1.807, 2.05) is 0 Å². The first-order valence-electron chi connectivity index (χ1n) is 10.9. The molecule has 4 aromatic carbocycles. The number of Topliss-reactive ketones (excluding diaryl/α,β-unsaturated/α-hetero) is 1. The molecule has 0 aliphatic heterocycles. The molecule has 180 valence electrons. The molecule has 1 amide bonds. The number of aromatic carboxylic acids is 1. The van der Waals surface area contributed by atoms with Crippen LogP contribution in [-0.2, 0) is 0 Å². The van der Waals surface area contributed by atoms with Gasteiger partial charge in [-0.25, -0.2) is 4.79 Å². The van der Waals surface area contributed by atoms with Gasteiger partial charge in [0, 0.05) is 0 Å². The molecule has 0 aliphatic carbocycles. The van der Waals surface area contributed by atoms with Crippen LogP contribution in [0.15, 0.2) is 97.1 Å². The number of nitrogens with one attached hydrogen (secondary N) is 1. The molecule has 8 heteroatoms. The lowest BCUT2D eigenvalue weighted by Gasteiger charge is -2.14. The maximum Gasteiger partial charge on any atom is 0.336 e. The van der Waals surface area contributed by atoms with Gasteiger partial charge >= 0.3 is 5.97 Å². The molecule has 36 heavy (non-hydrogen) atoms. The van der Waals surface area contributed by atoms with Gasteiger partial charge in [0.25, 0.3) is 5.91 Å². The van der Waals surface area contributed by atoms with Crippen LogP contribution in [0.5, 0.6) is 17.2 Å². The van der Waals surface area contributed by atoms with Gasteiger partial charge in [0.15, 0.2) is 6.61 Å². The van der Waals surface area contributed by atoms with Gasteiger partial charge in [-0.15, -0.1) is 0 Å². The van der Waals surface area contributed by atoms with E-state index >= 15 is 0 Å². The summed E-state index contributed by atoms with van der Waals surface area (Å²) in [5.41, 5.74) is 6.86.